The molecule has 1 amide bonds. The smallest absolute Gasteiger partial charge is 0.227 e. The van der Waals surface area contributed by atoms with Crippen LogP contribution in [0, 0.1) is 0 Å². The SMILES string of the molecule is CNC(=O)C(C)c1ccccc1. The maximum Gasteiger partial charge on any atom is 0.227 e. The number of carbonyl (C=O) groups excluding carboxylic acids is 1. The molecule has 0 radical (unpaired) electrons. The Hall–Kier alpha value is -1.31. The highest BCUT2D eigenvalue weighted by atomic mass is 16.1. The fraction of sp³-hybridized carbons (Fsp3) is 0.300. The fourth-order valence-electron chi connectivity index (χ4n) is 1.11. The Balaban J connectivity index is 2.78. The van der Waals surface area contributed by atoms with Gasteiger partial charge in [0.2, 0.25) is 5.91 Å². The van der Waals surface area contributed by atoms with Crippen LogP contribution in [0.5, 0.6) is 0 Å². The lowest BCUT2D eigenvalue weighted by Crippen LogP contribution is -2.23. The molecule has 0 saturated carbocycles. The molecule has 0 bridgehead atoms. The van der Waals surface area contributed by atoms with Gasteiger partial charge in [-0.2, -0.15) is 0 Å². The molecule has 0 saturated heterocycles. The zero-order valence-electron chi connectivity index (χ0n) is 7.37. The van der Waals surface area contributed by atoms with Crippen LogP contribution in [0.3, 0.4) is 0 Å². The van der Waals surface area contributed by atoms with Crippen molar-refractivity contribution in [3.05, 3.63) is 35.9 Å². The minimum absolute atomic E-state index is 0.0567. The van der Waals surface area contributed by atoms with Gasteiger partial charge in [-0.3, -0.25) is 4.79 Å². The van der Waals surface area contributed by atoms with Crippen molar-refractivity contribution < 1.29 is 4.79 Å². The lowest BCUT2D eigenvalue weighted by atomic mass is 10.0. The molecule has 1 aromatic carbocycles. The van der Waals surface area contributed by atoms with E-state index in [9.17, 15) is 4.79 Å². The van der Waals surface area contributed by atoms with Gasteiger partial charge >= 0.3 is 0 Å². The zero-order valence-corrected chi connectivity index (χ0v) is 7.37. The maximum absolute atomic E-state index is 11.2. The van der Waals surface area contributed by atoms with Gasteiger partial charge in [0.15, 0.2) is 0 Å². The predicted molar refractivity (Wildman–Crippen MR) is 48.9 cm³/mol. The van der Waals surface area contributed by atoms with E-state index >= 15 is 0 Å². The third kappa shape index (κ3) is 1.84. The summed E-state index contributed by atoms with van der Waals surface area (Å²) in [6, 6.07) is 9.74. The Morgan fingerprint density at radius 1 is 1.33 bits per heavy atom. The largest absolute Gasteiger partial charge is 0.359 e. The highest BCUT2D eigenvalue weighted by molar-refractivity contribution is 5.82. The Morgan fingerprint density at radius 3 is 2.42 bits per heavy atom. The first-order valence-corrected chi connectivity index (χ1v) is 4.02. The highest BCUT2D eigenvalue weighted by Crippen LogP contribution is 2.13. The number of hydrogen-bond donors (Lipinski definition) is 1. The Labute approximate surface area is 72.6 Å². The summed E-state index contributed by atoms with van der Waals surface area (Å²) in [5.41, 5.74) is 1.05. The van der Waals surface area contributed by atoms with Gasteiger partial charge in [0, 0.05) is 7.05 Å². The second-order valence-electron chi connectivity index (χ2n) is 2.75. The molecule has 0 aliphatic carbocycles. The van der Waals surface area contributed by atoms with Crippen LogP contribution in [-0.2, 0) is 4.79 Å². The third-order valence-electron chi connectivity index (χ3n) is 1.94. The Morgan fingerprint density at radius 2 is 1.92 bits per heavy atom. The zero-order chi connectivity index (χ0) is 8.97. The van der Waals surface area contributed by atoms with Crippen LogP contribution < -0.4 is 5.32 Å². The molecule has 1 unspecified atom stereocenters. The van der Waals surface area contributed by atoms with Gasteiger partial charge in [0.1, 0.15) is 0 Å². The van der Waals surface area contributed by atoms with Gasteiger partial charge in [-0.05, 0) is 12.5 Å². The molecule has 2 heteroatoms. The van der Waals surface area contributed by atoms with Gasteiger partial charge in [-0.25, -0.2) is 0 Å². The van der Waals surface area contributed by atoms with Gasteiger partial charge in [0.05, 0.1) is 5.92 Å². The van der Waals surface area contributed by atoms with Gasteiger partial charge < -0.3 is 5.32 Å². The van der Waals surface area contributed by atoms with Crippen molar-refractivity contribution in [2.45, 2.75) is 12.8 Å². The first-order chi connectivity index (χ1) is 5.75. The molecule has 12 heavy (non-hydrogen) atoms. The van der Waals surface area contributed by atoms with Crippen LogP contribution >= 0.6 is 0 Å². The molecule has 0 aromatic heterocycles. The summed E-state index contributed by atoms with van der Waals surface area (Å²) >= 11 is 0. The summed E-state index contributed by atoms with van der Waals surface area (Å²) in [5.74, 6) is -0.00241. The van der Waals surface area contributed by atoms with E-state index in [-0.39, 0.29) is 11.8 Å². The van der Waals surface area contributed by atoms with E-state index in [1.165, 1.54) is 0 Å². The number of amides is 1. The number of hydrogen-bond acceptors (Lipinski definition) is 1. The molecule has 1 rings (SSSR count). The number of benzene rings is 1. The molecule has 2 nitrogen and oxygen atoms in total. The van der Waals surface area contributed by atoms with Crippen molar-refractivity contribution >= 4 is 5.91 Å². The molecule has 0 spiro atoms. The minimum atomic E-state index is -0.0591. The van der Waals surface area contributed by atoms with Crippen molar-refractivity contribution in [1.82, 2.24) is 5.32 Å². The van der Waals surface area contributed by atoms with Gasteiger partial charge in [0.25, 0.3) is 0 Å². The molecule has 1 N–H and O–H groups in total. The van der Waals surface area contributed by atoms with Crippen LogP contribution in [0.1, 0.15) is 18.4 Å². The van der Waals surface area contributed by atoms with E-state index in [2.05, 4.69) is 5.32 Å². The predicted octanol–water partition coefficient (Wildman–Crippen LogP) is 1.54. The van der Waals surface area contributed by atoms with Gasteiger partial charge in [-0.15, -0.1) is 0 Å². The molecule has 0 fully saturated rings. The highest BCUT2D eigenvalue weighted by Gasteiger charge is 2.11. The van der Waals surface area contributed by atoms with Crippen LogP contribution in [0.2, 0.25) is 0 Å². The molecule has 0 aliphatic heterocycles. The summed E-state index contributed by atoms with van der Waals surface area (Å²) in [5, 5.41) is 2.62. The first kappa shape index (κ1) is 8.78. The average Bonchev–Trinajstić information content (AvgIpc) is 2.17. The number of rotatable bonds is 2. The number of carbonyl (C=O) groups is 1. The summed E-state index contributed by atoms with van der Waals surface area (Å²) in [6.07, 6.45) is 0. The van der Waals surface area contributed by atoms with Crippen molar-refractivity contribution in [3.8, 4) is 0 Å². The molecule has 1 aromatic rings. The summed E-state index contributed by atoms with van der Waals surface area (Å²) < 4.78 is 0. The third-order valence-corrected chi connectivity index (χ3v) is 1.94. The lowest BCUT2D eigenvalue weighted by molar-refractivity contribution is -0.121. The molecular weight excluding hydrogens is 150 g/mol. The standard InChI is InChI=1S/C10H13NO/c1-8(10(12)11-2)9-6-4-3-5-7-9/h3-8H,1-2H3,(H,11,12). The molecular formula is C10H13NO. The summed E-state index contributed by atoms with van der Waals surface area (Å²) in [7, 11) is 1.65. The van der Waals surface area contributed by atoms with E-state index < -0.39 is 0 Å². The van der Waals surface area contributed by atoms with E-state index in [4.69, 9.17) is 0 Å². The van der Waals surface area contributed by atoms with Crippen molar-refractivity contribution in [3.63, 3.8) is 0 Å². The van der Waals surface area contributed by atoms with Gasteiger partial charge in [-0.1, -0.05) is 30.3 Å². The fourth-order valence-corrected chi connectivity index (χ4v) is 1.11. The van der Waals surface area contributed by atoms with Crippen LogP contribution in [0.15, 0.2) is 30.3 Å². The Kier molecular flexibility index (Phi) is 2.86. The monoisotopic (exact) mass is 163 g/mol. The molecule has 0 aliphatic rings. The average molecular weight is 163 g/mol. The van der Waals surface area contributed by atoms with E-state index in [0.717, 1.165) is 5.56 Å². The first-order valence-electron chi connectivity index (χ1n) is 4.02. The summed E-state index contributed by atoms with van der Waals surface area (Å²) in [6.45, 7) is 1.90. The Bertz CT molecular complexity index is 256. The second-order valence-corrected chi connectivity index (χ2v) is 2.75. The van der Waals surface area contributed by atoms with Crippen LogP contribution in [0.25, 0.3) is 0 Å². The molecule has 64 valence electrons. The number of likely N-dealkylation sites (N-methyl/N-ethyl adjacent to an activating group) is 1. The minimum Gasteiger partial charge on any atom is -0.359 e. The van der Waals surface area contributed by atoms with E-state index in [1.54, 1.807) is 7.05 Å². The van der Waals surface area contributed by atoms with E-state index in [0.29, 0.717) is 0 Å². The topological polar surface area (TPSA) is 29.1 Å². The quantitative estimate of drug-likeness (QED) is 0.704. The molecule has 0 heterocycles. The van der Waals surface area contributed by atoms with Crippen LogP contribution in [-0.4, -0.2) is 13.0 Å². The summed E-state index contributed by atoms with van der Waals surface area (Å²) in [4.78, 5) is 11.2. The normalized spacial score (nSPS) is 12.2. The molecule has 1 atom stereocenters. The number of nitrogens with one attached hydrogen (secondary N) is 1. The van der Waals surface area contributed by atoms with Crippen LogP contribution in [0.4, 0.5) is 0 Å². The van der Waals surface area contributed by atoms with Crippen molar-refractivity contribution in [2.75, 3.05) is 7.05 Å². The van der Waals surface area contributed by atoms with Crippen molar-refractivity contribution in [1.29, 1.82) is 0 Å². The lowest BCUT2D eigenvalue weighted by Gasteiger charge is -2.08. The van der Waals surface area contributed by atoms with E-state index in [1.807, 2.05) is 37.3 Å². The van der Waals surface area contributed by atoms with Crippen molar-refractivity contribution in [2.24, 2.45) is 0 Å². The second kappa shape index (κ2) is 3.90. The maximum atomic E-state index is 11.2.